The fourth-order valence-electron chi connectivity index (χ4n) is 2.14. The molecular weight excluding hydrogens is 301 g/mol. The van der Waals surface area contributed by atoms with Crippen LogP contribution < -0.4 is 10.2 Å². The predicted molar refractivity (Wildman–Crippen MR) is 82.0 cm³/mol. The first-order chi connectivity index (χ1) is 9.76. The molecule has 0 radical (unpaired) electrons. The van der Waals surface area contributed by atoms with E-state index in [1.807, 2.05) is 13.0 Å². The second-order valence-electron chi connectivity index (χ2n) is 5.26. The first-order valence-corrected chi connectivity index (χ1v) is 7.45. The first kappa shape index (κ1) is 18.1. The molecule has 1 aromatic rings. The highest BCUT2D eigenvalue weighted by Gasteiger charge is 2.33. The van der Waals surface area contributed by atoms with E-state index in [-0.39, 0.29) is 6.04 Å². The molecule has 1 aromatic carbocycles. The molecule has 0 aliphatic carbocycles. The van der Waals surface area contributed by atoms with Gasteiger partial charge < -0.3 is 10.2 Å². The minimum Gasteiger partial charge on any atom is -0.359 e. The summed E-state index contributed by atoms with van der Waals surface area (Å²) in [4.78, 5) is 1.31. The van der Waals surface area contributed by atoms with Crippen LogP contribution in [0, 0.1) is 0 Å². The fourth-order valence-corrected chi connectivity index (χ4v) is 2.44. The minimum atomic E-state index is -4.27. The zero-order chi connectivity index (χ0) is 16.0. The molecule has 0 saturated carbocycles. The third-order valence-corrected chi connectivity index (χ3v) is 3.38. The molecule has 6 heteroatoms. The number of alkyl halides is 3. The maximum atomic E-state index is 12.8. The molecule has 1 N–H and O–H groups in total. The van der Waals surface area contributed by atoms with Gasteiger partial charge in [0, 0.05) is 12.6 Å². The number of para-hydroxylation sites is 1. The van der Waals surface area contributed by atoms with Gasteiger partial charge in [-0.15, -0.1) is 0 Å². The molecule has 0 heterocycles. The smallest absolute Gasteiger partial charge is 0.359 e. The van der Waals surface area contributed by atoms with E-state index in [0.29, 0.717) is 17.3 Å². The Bertz CT molecular complexity index is 447. The Morgan fingerprint density at radius 2 is 1.95 bits per heavy atom. The monoisotopic (exact) mass is 322 g/mol. The molecule has 0 amide bonds. The SMILES string of the molecule is CCCNCc1cccc(Cl)c1N(CC(F)(F)F)C(C)C. The summed E-state index contributed by atoms with van der Waals surface area (Å²) in [6.07, 6.45) is -3.30. The van der Waals surface area contributed by atoms with Crippen LogP contribution in [0.3, 0.4) is 0 Å². The summed E-state index contributed by atoms with van der Waals surface area (Å²) in [5.74, 6) is 0. The van der Waals surface area contributed by atoms with Crippen molar-refractivity contribution in [3.8, 4) is 0 Å². The Hall–Kier alpha value is -0.940. The van der Waals surface area contributed by atoms with Crippen LogP contribution in [-0.2, 0) is 6.54 Å². The van der Waals surface area contributed by atoms with Gasteiger partial charge in [0.05, 0.1) is 10.7 Å². The van der Waals surface area contributed by atoms with Crippen LogP contribution in [0.1, 0.15) is 32.8 Å². The lowest BCUT2D eigenvalue weighted by Crippen LogP contribution is -2.40. The van der Waals surface area contributed by atoms with Crippen molar-refractivity contribution in [1.82, 2.24) is 5.32 Å². The molecule has 1 rings (SSSR count). The lowest BCUT2D eigenvalue weighted by molar-refractivity contribution is -0.120. The zero-order valence-corrected chi connectivity index (χ0v) is 13.4. The van der Waals surface area contributed by atoms with Crippen molar-refractivity contribution in [2.24, 2.45) is 0 Å². The largest absolute Gasteiger partial charge is 0.405 e. The molecule has 0 bridgehead atoms. The third-order valence-electron chi connectivity index (χ3n) is 3.07. The average molecular weight is 323 g/mol. The summed E-state index contributed by atoms with van der Waals surface area (Å²) < 4.78 is 38.5. The highest BCUT2D eigenvalue weighted by molar-refractivity contribution is 6.33. The molecule has 0 aliphatic rings. The van der Waals surface area contributed by atoms with E-state index in [2.05, 4.69) is 5.32 Å². The molecule has 0 saturated heterocycles. The van der Waals surface area contributed by atoms with Crippen molar-refractivity contribution in [1.29, 1.82) is 0 Å². The number of anilines is 1. The molecule has 0 spiro atoms. The van der Waals surface area contributed by atoms with Crippen molar-refractivity contribution < 1.29 is 13.2 Å². The minimum absolute atomic E-state index is 0.295. The lowest BCUT2D eigenvalue weighted by atomic mass is 10.1. The van der Waals surface area contributed by atoms with Crippen molar-refractivity contribution in [2.45, 2.75) is 46.0 Å². The van der Waals surface area contributed by atoms with E-state index in [1.54, 1.807) is 26.0 Å². The van der Waals surface area contributed by atoms with Crippen LogP contribution in [0.5, 0.6) is 0 Å². The Labute approximate surface area is 129 Å². The van der Waals surface area contributed by atoms with Gasteiger partial charge in [0.2, 0.25) is 0 Å². The molecule has 120 valence electrons. The van der Waals surface area contributed by atoms with E-state index in [4.69, 9.17) is 11.6 Å². The molecule has 0 aliphatic heterocycles. The Morgan fingerprint density at radius 3 is 2.48 bits per heavy atom. The normalized spacial score (nSPS) is 12.0. The van der Waals surface area contributed by atoms with Gasteiger partial charge in [-0.05, 0) is 38.4 Å². The molecule has 0 aromatic heterocycles. The maximum Gasteiger partial charge on any atom is 0.405 e. The van der Waals surface area contributed by atoms with Crippen molar-refractivity contribution in [3.63, 3.8) is 0 Å². The summed E-state index contributed by atoms with van der Waals surface area (Å²) in [5, 5.41) is 3.56. The average Bonchev–Trinajstić information content (AvgIpc) is 2.36. The molecule has 21 heavy (non-hydrogen) atoms. The summed E-state index contributed by atoms with van der Waals surface area (Å²) in [5.41, 5.74) is 1.25. The summed E-state index contributed by atoms with van der Waals surface area (Å²) >= 11 is 6.17. The molecule has 0 fully saturated rings. The van der Waals surface area contributed by atoms with E-state index in [0.717, 1.165) is 18.5 Å². The van der Waals surface area contributed by atoms with Gasteiger partial charge in [-0.1, -0.05) is 30.7 Å². The van der Waals surface area contributed by atoms with Crippen molar-refractivity contribution >= 4 is 17.3 Å². The fraction of sp³-hybridized carbons (Fsp3) is 0.600. The van der Waals surface area contributed by atoms with Gasteiger partial charge in [0.1, 0.15) is 6.54 Å². The zero-order valence-electron chi connectivity index (χ0n) is 12.6. The van der Waals surface area contributed by atoms with E-state index in [1.165, 1.54) is 4.90 Å². The van der Waals surface area contributed by atoms with Gasteiger partial charge in [0.25, 0.3) is 0 Å². The number of rotatable bonds is 7. The number of halogens is 4. The van der Waals surface area contributed by atoms with Crippen LogP contribution in [-0.4, -0.2) is 25.3 Å². The van der Waals surface area contributed by atoms with Crippen LogP contribution in [0.15, 0.2) is 18.2 Å². The Balaban J connectivity index is 3.10. The number of nitrogens with zero attached hydrogens (tertiary/aromatic N) is 1. The van der Waals surface area contributed by atoms with Crippen LogP contribution in [0.2, 0.25) is 5.02 Å². The van der Waals surface area contributed by atoms with Gasteiger partial charge in [-0.3, -0.25) is 0 Å². The van der Waals surface area contributed by atoms with E-state index >= 15 is 0 Å². The quantitative estimate of drug-likeness (QED) is 0.737. The lowest BCUT2D eigenvalue weighted by Gasteiger charge is -2.32. The number of hydrogen-bond donors (Lipinski definition) is 1. The summed E-state index contributed by atoms with van der Waals surface area (Å²) in [7, 11) is 0. The number of hydrogen-bond acceptors (Lipinski definition) is 2. The standard InChI is InChI=1S/C15H22ClF3N2/c1-4-8-20-9-12-6-5-7-13(16)14(12)21(11(2)3)10-15(17,18)19/h5-7,11,20H,4,8-10H2,1-3H3. The van der Waals surface area contributed by atoms with Gasteiger partial charge >= 0.3 is 6.18 Å². The van der Waals surface area contributed by atoms with E-state index in [9.17, 15) is 13.2 Å². The van der Waals surface area contributed by atoms with Crippen LogP contribution in [0.4, 0.5) is 18.9 Å². The highest BCUT2D eigenvalue weighted by Crippen LogP contribution is 2.33. The van der Waals surface area contributed by atoms with Gasteiger partial charge in [-0.2, -0.15) is 13.2 Å². The second kappa shape index (κ2) is 7.90. The number of nitrogens with one attached hydrogen (secondary N) is 1. The second-order valence-corrected chi connectivity index (χ2v) is 5.67. The van der Waals surface area contributed by atoms with Crippen molar-refractivity contribution in [3.05, 3.63) is 28.8 Å². The molecular formula is C15H22ClF3N2. The first-order valence-electron chi connectivity index (χ1n) is 7.07. The molecule has 0 unspecified atom stereocenters. The topological polar surface area (TPSA) is 15.3 Å². The summed E-state index contributed by atoms with van der Waals surface area (Å²) in [6, 6.07) is 4.92. The summed E-state index contributed by atoms with van der Waals surface area (Å²) in [6.45, 7) is 5.82. The van der Waals surface area contributed by atoms with E-state index < -0.39 is 12.7 Å². The Morgan fingerprint density at radius 1 is 1.29 bits per heavy atom. The van der Waals surface area contributed by atoms with Crippen molar-refractivity contribution in [2.75, 3.05) is 18.0 Å². The van der Waals surface area contributed by atoms with Gasteiger partial charge in [-0.25, -0.2) is 0 Å². The maximum absolute atomic E-state index is 12.8. The van der Waals surface area contributed by atoms with Gasteiger partial charge in [0.15, 0.2) is 0 Å². The third kappa shape index (κ3) is 5.75. The molecule has 0 atom stereocenters. The highest BCUT2D eigenvalue weighted by atomic mass is 35.5. The van der Waals surface area contributed by atoms with Crippen LogP contribution in [0.25, 0.3) is 0 Å². The number of benzene rings is 1. The predicted octanol–water partition coefficient (Wildman–Crippen LogP) is 4.62. The molecule has 2 nitrogen and oxygen atoms in total. The Kier molecular flexibility index (Phi) is 6.81. The van der Waals surface area contributed by atoms with Crippen LogP contribution >= 0.6 is 11.6 Å².